The Morgan fingerprint density at radius 2 is 1.92 bits per heavy atom. The Hall–Kier alpha value is -2.79. The molecular weight excluding hydrogens is 356 g/mol. The Bertz CT molecular complexity index is 932. The highest BCUT2D eigenvalue weighted by Gasteiger charge is 2.21. The molecule has 26 heavy (non-hydrogen) atoms. The first-order valence-electron chi connectivity index (χ1n) is 8.19. The van der Waals surface area contributed by atoms with Crippen LogP contribution in [-0.4, -0.2) is 31.6 Å². The summed E-state index contributed by atoms with van der Waals surface area (Å²) in [5.74, 6) is 0.630. The fraction of sp³-hybridized carbons (Fsp3) is 0.200. The predicted molar refractivity (Wildman–Crippen MR) is 95.9 cm³/mol. The average Bonchev–Trinajstić information content (AvgIpc) is 3.13. The van der Waals surface area contributed by atoms with Crippen LogP contribution >= 0.6 is 11.6 Å². The van der Waals surface area contributed by atoms with Gasteiger partial charge in [-0.05, 0) is 48.0 Å². The van der Waals surface area contributed by atoms with Crippen molar-refractivity contribution in [3.8, 4) is 11.5 Å². The summed E-state index contributed by atoms with van der Waals surface area (Å²) in [4.78, 5) is 24.5. The Morgan fingerprint density at radius 3 is 2.81 bits per heavy atom. The molecule has 0 aliphatic carbocycles. The molecular formula is C20H15ClO5. The summed E-state index contributed by atoms with van der Waals surface area (Å²) in [6.07, 6.45) is 2.45. The molecule has 0 unspecified atom stereocenters. The molecule has 2 aliphatic heterocycles. The zero-order chi connectivity index (χ0) is 18.1. The van der Waals surface area contributed by atoms with E-state index in [0.717, 1.165) is 17.7 Å². The van der Waals surface area contributed by atoms with Crippen molar-refractivity contribution in [2.75, 3.05) is 19.8 Å². The van der Waals surface area contributed by atoms with Crippen molar-refractivity contribution in [3.63, 3.8) is 0 Å². The molecule has 0 aromatic heterocycles. The van der Waals surface area contributed by atoms with Gasteiger partial charge in [-0.2, -0.15) is 0 Å². The van der Waals surface area contributed by atoms with Gasteiger partial charge in [-0.15, -0.1) is 0 Å². The Kier molecular flexibility index (Phi) is 4.39. The lowest BCUT2D eigenvalue weighted by Crippen LogP contribution is -2.20. The van der Waals surface area contributed by atoms with E-state index < -0.39 is 5.97 Å². The van der Waals surface area contributed by atoms with Crippen molar-refractivity contribution in [2.45, 2.75) is 6.42 Å². The number of Topliss-reactive ketones (excluding diaryl/α,β-unsaturated/α-hetero) is 1. The number of esters is 1. The van der Waals surface area contributed by atoms with Crippen LogP contribution in [0.15, 0.2) is 42.0 Å². The fourth-order valence-electron chi connectivity index (χ4n) is 2.93. The van der Waals surface area contributed by atoms with Gasteiger partial charge in [0.1, 0.15) is 18.1 Å². The third kappa shape index (κ3) is 3.30. The summed E-state index contributed by atoms with van der Waals surface area (Å²) >= 11 is 5.96. The minimum atomic E-state index is -0.575. The van der Waals surface area contributed by atoms with Crippen LogP contribution in [0.25, 0.3) is 6.08 Å². The Labute approximate surface area is 155 Å². The highest BCUT2D eigenvalue weighted by atomic mass is 35.5. The lowest BCUT2D eigenvalue weighted by atomic mass is 10.1. The van der Waals surface area contributed by atoms with Crippen LogP contribution in [0.5, 0.6) is 11.5 Å². The standard InChI is InChI=1S/C20H15ClO5/c21-16-2-4-19-14(9-16)8-15(10-25-19)20(23)26-11-17(22)12-1-3-18-13(7-12)5-6-24-18/h1-4,7-9H,5-6,10-11H2. The predicted octanol–water partition coefficient (Wildman–Crippen LogP) is 3.48. The van der Waals surface area contributed by atoms with Gasteiger partial charge in [0.15, 0.2) is 12.4 Å². The highest BCUT2D eigenvalue weighted by Crippen LogP contribution is 2.29. The minimum Gasteiger partial charge on any atom is -0.493 e. The van der Waals surface area contributed by atoms with Crippen LogP contribution in [0.2, 0.25) is 5.02 Å². The van der Waals surface area contributed by atoms with Crippen LogP contribution in [0.3, 0.4) is 0 Å². The zero-order valence-electron chi connectivity index (χ0n) is 13.8. The first-order chi connectivity index (χ1) is 12.6. The number of carbonyl (C=O) groups is 2. The number of ketones is 1. The molecule has 2 aliphatic rings. The molecule has 0 spiro atoms. The van der Waals surface area contributed by atoms with Crippen molar-refractivity contribution in [1.82, 2.24) is 0 Å². The second kappa shape index (κ2) is 6.84. The number of rotatable bonds is 4. The third-order valence-electron chi connectivity index (χ3n) is 4.29. The van der Waals surface area contributed by atoms with Gasteiger partial charge in [-0.3, -0.25) is 4.79 Å². The Balaban J connectivity index is 1.42. The molecule has 2 aromatic rings. The summed E-state index contributed by atoms with van der Waals surface area (Å²) in [6.45, 7) is 0.400. The second-order valence-electron chi connectivity index (χ2n) is 6.06. The molecule has 5 nitrogen and oxygen atoms in total. The lowest BCUT2D eigenvalue weighted by molar-refractivity contribution is -0.138. The van der Waals surface area contributed by atoms with Gasteiger partial charge in [-0.1, -0.05) is 11.6 Å². The molecule has 0 saturated carbocycles. The highest BCUT2D eigenvalue weighted by molar-refractivity contribution is 6.30. The third-order valence-corrected chi connectivity index (χ3v) is 4.53. The van der Waals surface area contributed by atoms with E-state index in [1.807, 2.05) is 0 Å². The van der Waals surface area contributed by atoms with Gasteiger partial charge in [0, 0.05) is 22.6 Å². The Morgan fingerprint density at radius 1 is 1.08 bits per heavy atom. The fourth-order valence-corrected chi connectivity index (χ4v) is 3.11. The number of hydrogen-bond donors (Lipinski definition) is 0. The van der Waals surface area contributed by atoms with E-state index in [4.69, 9.17) is 25.8 Å². The van der Waals surface area contributed by atoms with Gasteiger partial charge in [0.2, 0.25) is 0 Å². The molecule has 0 amide bonds. The van der Waals surface area contributed by atoms with E-state index >= 15 is 0 Å². The first-order valence-corrected chi connectivity index (χ1v) is 8.57. The number of ether oxygens (including phenoxy) is 3. The van der Waals surface area contributed by atoms with Crippen molar-refractivity contribution in [1.29, 1.82) is 0 Å². The van der Waals surface area contributed by atoms with Gasteiger partial charge in [0.25, 0.3) is 0 Å². The second-order valence-corrected chi connectivity index (χ2v) is 6.50. The molecule has 0 radical (unpaired) electrons. The number of benzene rings is 2. The molecule has 4 rings (SSSR count). The number of fused-ring (bicyclic) bond motifs is 2. The van der Waals surface area contributed by atoms with Crippen molar-refractivity contribution < 1.29 is 23.8 Å². The smallest absolute Gasteiger partial charge is 0.337 e. The lowest BCUT2D eigenvalue weighted by Gasteiger charge is -2.17. The maximum atomic E-state index is 12.3. The van der Waals surface area contributed by atoms with E-state index in [1.165, 1.54) is 0 Å². The zero-order valence-corrected chi connectivity index (χ0v) is 14.5. The van der Waals surface area contributed by atoms with E-state index in [1.54, 1.807) is 42.5 Å². The first kappa shape index (κ1) is 16.7. The summed E-state index contributed by atoms with van der Waals surface area (Å²) in [7, 11) is 0. The number of halogens is 1. The van der Waals surface area contributed by atoms with Gasteiger partial charge < -0.3 is 14.2 Å². The van der Waals surface area contributed by atoms with Gasteiger partial charge in [0.05, 0.1) is 12.2 Å². The van der Waals surface area contributed by atoms with Crippen molar-refractivity contribution in [2.24, 2.45) is 0 Å². The summed E-state index contributed by atoms with van der Waals surface area (Å²) in [6, 6.07) is 10.4. The maximum absolute atomic E-state index is 12.3. The van der Waals surface area contributed by atoms with Crippen LogP contribution in [0, 0.1) is 0 Å². The molecule has 2 heterocycles. The molecule has 0 bridgehead atoms. The number of hydrogen-bond acceptors (Lipinski definition) is 5. The van der Waals surface area contributed by atoms with E-state index in [2.05, 4.69) is 0 Å². The van der Waals surface area contributed by atoms with E-state index in [-0.39, 0.29) is 19.0 Å². The van der Waals surface area contributed by atoms with Gasteiger partial charge >= 0.3 is 5.97 Å². The largest absolute Gasteiger partial charge is 0.493 e. The van der Waals surface area contributed by atoms with E-state index in [9.17, 15) is 9.59 Å². The van der Waals surface area contributed by atoms with Crippen LogP contribution in [-0.2, 0) is 16.0 Å². The monoisotopic (exact) mass is 370 g/mol. The van der Waals surface area contributed by atoms with Crippen LogP contribution in [0.1, 0.15) is 21.5 Å². The maximum Gasteiger partial charge on any atom is 0.337 e. The number of carbonyl (C=O) groups excluding carboxylic acids is 2. The van der Waals surface area contributed by atoms with Gasteiger partial charge in [-0.25, -0.2) is 4.79 Å². The van der Waals surface area contributed by atoms with Crippen LogP contribution in [0.4, 0.5) is 0 Å². The molecule has 0 N–H and O–H groups in total. The van der Waals surface area contributed by atoms with E-state index in [0.29, 0.717) is 34.1 Å². The summed E-state index contributed by atoms with van der Waals surface area (Å²) in [5, 5.41) is 0.550. The molecule has 0 atom stereocenters. The molecule has 2 aromatic carbocycles. The normalized spacial score (nSPS) is 14.4. The molecule has 6 heteroatoms. The topological polar surface area (TPSA) is 61.8 Å². The summed E-state index contributed by atoms with van der Waals surface area (Å²) < 4.78 is 16.1. The average molecular weight is 371 g/mol. The molecule has 132 valence electrons. The minimum absolute atomic E-state index is 0.0951. The molecule has 0 fully saturated rings. The summed E-state index contributed by atoms with van der Waals surface area (Å²) in [5.41, 5.74) is 2.56. The van der Waals surface area contributed by atoms with Crippen LogP contribution < -0.4 is 9.47 Å². The van der Waals surface area contributed by atoms with Crippen molar-refractivity contribution >= 4 is 29.4 Å². The van der Waals surface area contributed by atoms with Crippen molar-refractivity contribution in [3.05, 3.63) is 63.7 Å². The SMILES string of the molecule is O=C(OCC(=O)c1ccc2c(c1)CCO2)C1=Cc2cc(Cl)ccc2OC1. The molecule has 0 saturated heterocycles. The quantitative estimate of drug-likeness (QED) is 0.609.